The average molecular weight is 234 g/mol. The van der Waals surface area contributed by atoms with E-state index in [1.54, 1.807) is 0 Å². The van der Waals surface area contributed by atoms with E-state index in [1.807, 2.05) is 0 Å². The van der Waals surface area contributed by atoms with Gasteiger partial charge in [0.2, 0.25) is 15.9 Å². The molecule has 0 radical (unpaired) electrons. The Labute approximate surface area is 88.3 Å². The molecule has 1 saturated carbocycles. The Morgan fingerprint density at radius 1 is 1.53 bits per heavy atom. The fourth-order valence-corrected chi connectivity index (χ4v) is 2.45. The van der Waals surface area contributed by atoms with Gasteiger partial charge < -0.3 is 10.5 Å². The van der Waals surface area contributed by atoms with Crippen LogP contribution in [0.1, 0.15) is 19.3 Å². The van der Waals surface area contributed by atoms with Crippen molar-refractivity contribution in [3.8, 4) is 0 Å². The molecule has 0 aromatic heterocycles. The van der Waals surface area contributed by atoms with Crippen LogP contribution in [0.4, 0.5) is 0 Å². The molecule has 6 nitrogen and oxygen atoms in total. The minimum atomic E-state index is -3.79. The average Bonchev–Trinajstić information content (AvgIpc) is 2.93. The number of aldehydes is 1. The maximum absolute atomic E-state index is 11.5. The van der Waals surface area contributed by atoms with E-state index in [2.05, 4.69) is 4.72 Å². The zero-order valence-corrected chi connectivity index (χ0v) is 9.00. The lowest BCUT2D eigenvalue weighted by Crippen LogP contribution is -2.43. The number of nitrogens with two attached hydrogens (primary N) is 1. The molecule has 1 aliphatic rings. The highest BCUT2D eigenvalue weighted by Gasteiger charge is 2.32. The van der Waals surface area contributed by atoms with Gasteiger partial charge in [-0.2, -0.15) is 0 Å². The zero-order valence-electron chi connectivity index (χ0n) is 8.18. The van der Waals surface area contributed by atoms with Crippen LogP contribution < -0.4 is 10.5 Å². The first-order valence-corrected chi connectivity index (χ1v) is 6.23. The maximum Gasteiger partial charge on any atom is 0.237 e. The zero-order chi connectivity index (χ0) is 11.5. The van der Waals surface area contributed by atoms with E-state index >= 15 is 0 Å². The quantitative estimate of drug-likeness (QED) is 0.537. The molecule has 0 heterocycles. The van der Waals surface area contributed by atoms with E-state index in [0.29, 0.717) is 18.7 Å². The van der Waals surface area contributed by atoms with E-state index in [0.717, 1.165) is 12.8 Å². The van der Waals surface area contributed by atoms with Gasteiger partial charge in [0.1, 0.15) is 6.29 Å². The van der Waals surface area contributed by atoms with Crippen LogP contribution in [0.5, 0.6) is 0 Å². The standard InChI is InChI=1S/C8H14N2O4S/c9-8(12)7(3-4-11)15(13,14)10-5-6-1-2-6/h4,6-7,10H,1-3,5H2,(H2,9,12). The lowest BCUT2D eigenvalue weighted by atomic mass is 10.3. The summed E-state index contributed by atoms with van der Waals surface area (Å²) in [4.78, 5) is 21.1. The molecule has 86 valence electrons. The van der Waals surface area contributed by atoms with Crippen LogP contribution in [-0.2, 0) is 19.6 Å². The molecule has 1 fully saturated rings. The molecule has 7 heteroatoms. The second kappa shape index (κ2) is 4.71. The second-order valence-corrected chi connectivity index (χ2v) is 5.58. The molecule has 0 aromatic carbocycles. The molecule has 0 spiro atoms. The molecule has 0 saturated heterocycles. The number of carbonyl (C=O) groups is 2. The molecule has 3 N–H and O–H groups in total. The highest BCUT2D eigenvalue weighted by molar-refractivity contribution is 7.90. The summed E-state index contributed by atoms with van der Waals surface area (Å²) in [7, 11) is -3.79. The first-order chi connectivity index (χ1) is 6.97. The topological polar surface area (TPSA) is 106 Å². The van der Waals surface area contributed by atoms with Crippen LogP contribution in [-0.4, -0.2) is 32.4 Å². The maximum atomic E-state index is 11.5. The summed E-state index contributed by atoms with van der Waals surface area (Å²) in [5, 5.41) is -1.45. The first-order valence-electron chi connectivity index (χ1n) is 4.69. The molecule has 1 atom stereocenters. The number of hydrogen-bond acceptors (Lipinski definition) is 4. The molecule has 0 bridgehead atoms. The smallest absolute Gasteiger partial charge is 0.237 e. The third-order valence-electron chi connectivity index (χ3n) is 2.27. The Morgan fingerprint density at radius 2 is 2.13 bits per heavy atom. The van der Waals surface area contributed by atoms with Crippen molar-refractivity contribution >= 4 is 22.2 Å². The Hall–Kier alpha value is -0.950. The number of rotatable bonds is 7. The van der Waals surface area contributed by atoms with Crippen molar-refractivity contribution in [3.05, 3.63) is 0 Å². The molecule has 15 heavy (non-hydrogen) atoms. The highest BCUT2D eigenvalue weighted by Crippen LogP contribution is 2.27. The van der Waals surface area contributed by atoms with Crippen molar-refractivity contribution in [1.29, 1.82) is 0 Å². The van der Waals surface area contributed by atoms with E-state index in [1.165, 1.54) is 0 Å². The van der Waals surface area contributed by atoms with Gasteiger partial charge in [0.25, 0.3) is 0 Å². The van der Waals surface area contributed by atoms with Crippen LogP contribution in [0.3, 0.4) is 0 Å². The molecule has 0 aliphatic heterocycles. The van der Waals surface area contributed by atoms with Crippen LogP contribution in [0, 0.1) is 5.92 Å². The van der Waals surface area contributed by atoms with Crippen LogP contribution in [0.25, 0.3) is 0 Å². The van der Waals surface area contributed by atoms with Gasteiger partial charge in [-0.25, -0.2) is 13.1 Å². The van der Waals surface area contributed by atoms with Gasteiger partial charge in [0.15, 0.2) is 5.25 Å². The minimum absolute atomic E-state index is 0.324. The van der Waals surface area contributed by atoms with Gasteiger partial charge in [0, 0.05) is 13.0 Å². The van der Waals surface area contributed by atoms with Gasteiger partial charge >= 0.3 is 0 Å². The Bertz CT molecular complexity index is 348. The van der Waals surface area contributed by atoms with Crippen molar-refractivity contribution in [2.24, 2.45) is 11.7 Å². The van der Waals surface area contributed by atoms with Crippen LogP contribution in [0.15, 0.2) is 0 Å². The van der Waals surface area contributed by atoms with Gasteiger partial charge in [-0.1, -0.05) is 0 Å². The van der Waals surface area contributed by atoms with E-state index in [-0.39, 0.29) is 0 Å². The molecule has 1 rings (SSSR count). The lowest BCUT2D eigenvalue weighted by Gasteiger charge is -2.12. The summed E-state index contributed by atoms with van der Waals surface area (Å²) in [5.41, 5.74) is 4.91. The van der Waals surface area contributed by atoms with Gasteiger partial charge in [-0.15, -0.1) is 0 Å². The highest BCUT2D eigenvalue weighted by atomic mass is 32.2. The Kier molecular flexibility index (Phi) is 3.81. The number of primary amides is 1. The molecular formula is C8H14N2O4S. The summed E-state index contributed by atoms with van der Waals surface area (Å²) in [6.07, 6.45) is 1.98. The van der Waals surface area contributed by atoms with Crippen molar-refractivity contribution < 1.29 is 18.0 Å². The van der Waals surface area contributed by atoms with Gasteiger partial charge in [-0.3, -0.25) is 4.79 Å². The minimum Gasteiger partial charge on any atom is -0.368 e. The van der Waals surface area contributed by atoms with Crippen LogP contribution >= 0.6 is 0 Å². The van der Waals surface area contributed by atoms with Crippen molar-refractivity contribution in [2.75, 3.05) is 6.54 Å². The van der Waals surface area contributed by atoms with Gasteiger partial charge in [-0.05, 0) is 18.8 Å². The monoisotopic (exact) mass is 234 g/mol. The Morgan fingerprint density at radius 3 is 2.53 bits per heavy atom. The predicted octanol–water partition coefficient (Wildman–Crippen LogP) is -1.24. The number of sulfonamides is 1. The summed E-state index contributed by atoms with van der Waals surface area (Å²) < 4.78 is 25.3. The summed E-state index contributed by atoms with van der Waals surface area (Å²) in [5.74, 6) is -0.630. The van der Waals surface area contributed by atoms with E-state index < -0.39 is 27.6 Å². The fraction of sp³-hybridized carbons (Fsp3) is 0.750. The normalized spacial score (nSPS) is 18.4. The predicted molar refractivity (Wildman–Crippen MR) is 53.3 cm³/mol. The number of hydrogen-bond donors (Lipinski definition) is 2. The summed E-state index contributed by atoms with van der Waals surface area (Å²) in [6, 6.07) is 0. The number of carbonyl (C=O) groups excluding carboxylic acids is 2. The molecule has 1 amide bonds. The second-order valence-electron chi connectivity index (χ2n) is 3.63. The van der Waals surface area contributed by atoms with Crippen molar-refractivity contribution in [3.63, 3.8) is 0 Å². The van der Waals surface area contributed by atoms with Gasteiger partial charge in [0.05, 0.1) is 0 Å². The third-order valence-corrected chi connectivity index (χ3v) is 4.02. The molecule has 1 aliphatic carbocycles. The number of amides is 1. The number of nitrogens with one attached hydrogen (secondary N) is 1. The lowest BCUT2D eigenvalue weighted by molar-refractivity contribution is -0.119. The fourth-order valence-electron chi connectivity index (χ4n) is 1.14. The Balaban J connectivity index is 2.61. The largest absolute Gasteiger partial charge is 0.368 e. The molecule has 1 unspecified atom stereocenters. The van der Waals surface area contributed by atoms with E-state index in [9.17, 15) is 18.0 Å². The third kappa shape index (κ3) is 3.60. The first kappa shape index (κ1) is 12.1. The molecule has 0 aromatic rings. The van der Waals surface area contributed by atoms with Crippen LogP contribution in [0.2, 0.25) is 0 Å². The summed E-state index contributed by atoms with van der Waals surface area (Å²) >= 11 is 0. The van der Waals surface area contributed by atoms with E-state index in [4.69, 9.17) is 5.73 Å². The summed E-state index contributed by atoms with van der Waals surface area (Å²) in [6.45, 7) is 0.324. The SMILES string of the molecule is NC(=O)C(CC=O)S(=O)(=O)NCC1CC1. The van der Waals surface area contributed by atoms with Crippen molar-refractivity contribution in [2.45, 2.75) is 24.5 Å². The molecular weight excluding hydrogens is 220 g/mol. The van der Waals surface area contributed by atoms with Crippen molar-refractivity contribution in [1.82, 2.24) is 4.72 Å².